The van der Waals surface area contributed by atoms with Gasteiger partial charge in [0.15, 0.2) is 0 Å². The summed E-state index contributed by atoms with van der Waals surface area (Å²) in [7, 11) is 4.12. The summed E-state index contributed by atoms with van der Waals surface area (Å²) in [6, 6.07) is 13.7. The molecular formula is C20H21ClN4. The fourth-order valence-corrected chi connectivity index (χ4v) is 2.68. The van der Waals surface area contributed by atoms with E-state index in [2.05, 4.69) is 29.3 Å². The molecule has 0 aliphatic rings. The molecule has 1 N–H and O–H groups in total. The second kappa shape index (κ2) is 8.10. The molecule has 128 valence electrons. The first-order valence-corrected chi connectivity index (χ1v) is 8.57. The topological polar surface area (TPSA) is 41.0 Å². The Kier molecular flexibility index (Phi) is 5.64. The van der Waals surface area contributed by atoms with Crippen LogP contribution in [0, 0.1) is 0 Å². The van der Waals surface area contributed by atoms with Crippen LogP contribution in [0.3, 0.4) is 0 Å². The van der Waals surface area contributed by atoms with Crippen molar-refractivity contribution >= 4 is 40.3 Å². The lowest BCUT2D eigenvalue weighted by molar-refractivity contribution is 0.425. The van der Waals surface area contributed by atoms with E-state index in [1.807, 2.05) is 54.6 Å². The molecule has 1 aromatic carbocycles. The van der Waals surface area contributed by atoms with E-state index in [0.29, 0.717) is 5.02 Å². The highest BCUT2D eigenvalue weighted by molar-refractivity contribution is 6.31. The highest BCUT2D eigenvalue weighted by atomic mass is 35.5. The maximum atomic E-state index is 6.17. The Balaban J connectivity index is 1.93. The SMILES string of the molecule is CN(C)CCNc1cc(/C=C/c2ccccn2)nc2ccc(Cl)cc12. The number of benzene rings is 1. The number of anilines is 1. The maximum absolute atomic E-state index is 6.17. The average Bonchev–Trinajstić information content (AvgIpc) is 2.61. The normalized spacial score (nSPS) is 11.5. The van der Waals surface area contributed by atoms with Gasteiger partial charge in [-0.15, -0.1) is 0 Å². The number of likely N-dealkylation sites (N-methyl/N-ethyl adjacent to an activating group) is 1. The zero-order valence-electron chi connectivity index (χ0n) is 14.4. The van der Waals surface area contributed by atoms with Crippen LogP contribution in [0.1, 0.15) is 11.4 Å². The molecule has 0 fully saturated rings. The predicted octanol–water partition coefficient (Wildman–Crippen LogP) is 4.43. The minimum absolute atomic E-state index is 0.710. The largest absolute Gasteiger partial charge is 0.383 e. The summed E-state index contributed by atoms with van der Waals surface area (Å²) >= 11 is 6.17. The van der Waals surface area contributed by atoms with Gasteiger partial charge in [-0.2, -0.15) is 0 Å². The first kappa shape index (κ1) is 17.4. The lowest BCUT2D eigenvalue weighted by Gasteiger charge is -2.14. The van der Waals surface area contributed by atoms with Gasteiger partial charge in [0, 0.05) is 35.4 Å². The first-order valence-electron chi connectivity index (χ1n) is 8.20. The fraction of sp³-hybridized carbons (Fsp3) is 0.200. The molecule has 0 unspecified atom stereocenters. The Morgan fingerprint density at radius 2 is 1.92 bits per heavy atom. The molecule has 0 saturated heterocycles. The Labute approximate surface area is 153 Å². The second-order valence-corrected chi connectivity index (χ2v) is 6.51. The number of pyridine rings is 2. The van der Waals surface area contributed by atoms with Crippen LogP contribution in [0.25, 0.3) is 23.1 Å². The fourth-order valence-electron chi connectivity index (χ4n) is 2.51. The zero-order chi connectivity index (χ0) is 17.6. The Hall–Kier alpha value is -2.43. The standard InChI is InChI=1S/C20H21ClN4/c1-25(2)12-11-23-20-14-17(8-7-16-5-3-4-10-22-16)24-19-9-6-15(21)13-18(19)20/h3-10,13-14H,11-12H2,1-2H3,(H,23,24)/b8-7+. The van der Waals surface area contributed by atoms with Crippen molar-refractivity contribution < 1.29 is 0 Å². The predicted molar refractivity (Wildman–Crippen MR) is 107 cm³/mol. The number of nitrogens with one attached hydrogen (secondary N) is 1. The van der Waals surface area contributed by atoms with Gasteiger partial charge in [0.2, 0.25) is 0 Å². The average molecular weight is 353 g/mol. The van der Waals surface area contributed by atoms with Crippen LogP contribution in [0.5, 0.6) is 0 Å². The summed E-state index contributed by atoms with van der Waals surface area (Å²) < 4.78 is 0. The third-order valence-corrected chi connectivity index (χ3v) is 4.01. The summed E-state index contributed by atoms with van der Waals surface area (Å²) in [5.74, 6) is 0. The molecule has 0 atom stereocenters. The Morgan fingerprint density at radius 3 is 2.68 bits per heavy atom. The summed E-state index contributed by atoms with van der Waals surface area (Å²) in [5.41, 5.74) is 3.74. The number of rotatable bonds is 6. The van der Waals surface area contributed by atoms with Gasteiger partial charge >= 0.3 is 0 Å². The molecule has 3 aromatic rings. The molecule has 0 bridgehead atoms. The van der Waals surface area contributed by atoms with Crippen molar-refractivity contribution in [3.8, 4) is 0 Å². The third kappa shape index (κ3) is 4.78. The van der Waals surface area contributed by atoms with E-state index >= 15 is 0 Å². The molecule has 0 radical (unpaired) electrons. The highest BCUT2D eigenvalue weighted by Crippen LogP contribution is 2.27. The van der Waals surface area contributed by atoms with Crippen molar-refractivity contribution in [2.24, 2.45) is 0 Å². The molecule has 0 spiro atoms. The van der Waals surface area contributed by atoms with Crippen LogP contribution in [-0.4, -0.2) is 42.1 Å². The minimum atomic E-state index is 0.710. The highest BCUT2D eigenvalue weighted by Gasteiger charge is 2.06. The van der Waals surface area contributed by atoms with Gasteiger partial charge in [-0.05, 0) is 62.6 Å². The van der Waals surface area contributed by atoms with Gasteiger partial charge in [0.1, 0.15) is 0 Å². The summed E-state index contributed by atoms with van der Waals surface area (Å²) in [5, 5.41) is 5.23. The van der Waals surface area contributed by atoms with Crippen LogP contribution in [0.15, 0.2) is 48.7 Å². The monoisotopic (exact) mass is 352 g/mol. The van der Waals surface area contributed by atoms with Crippen molar-refractivity contribution in [3.63, 3.8) is 0 Å². The van der Waals surface area contributed by atoms with Crippen LogP contribution in [0.4, 0.5) is 5.69 Å². The lowest BCUT2D eigenvalue weighted by Crippen LogP contribution is -2.20. The minimum Gasteiger partial charge on any atom is -0.383 e. The quantitative estimate of drug-likeness (QED) is 0.712. The Morgan fingerprint density at radius 1 is 1.08 bits per heavy atom. The van der Waals surface area contributed by atoms with E-state index in [9.17, 15) is 0 Å². The molecule has 0 amide bonds. The summed E-state index contributed by atoms with van der Waals surface area (Å²) in [4.78, 5) is 11.2. The number of fused-ring (bicyclic) bond motifs is 1. The van der Waals surface area contributed by atoms with Crippen molar-refractivity contribution in [3.05, 3.63) is 65.1 Å². The number of hydrogen-bond acceptors (Lipinski definition) is 4. The molecule has 0 saturated carbocycles. The number of aromatic nitrogens is 2. The second-order valence-electron chi connectivity index (χ2n) is 6.07. The zero-order valence-corrected chi connectivity index (χ0v) is 15.2. The molecule has 0 aliphatic carbocycles. The molecule has 2 heterocycles. The molecule has 0 aliphatic heterocycles. The van der Waals surface area contributed by atoms with Gasteiger partial charge in [-0.25, -0.2) is 4.98 Å². The van der Waals surface area contributed by atoms with Crippen molar-refractivity contribution in [1.82, 2.24) is 14.9 Å². The smallest absolute Gasteiger partial charge is 0.0731 e. The molecule has 4 nitrogen and oxygen atoms in total. The van der Waals surface area contributed by atoms with Crippen molar-refractivity contribution in [2.45, 2.75) is 0 Å². The van der Waals surface area contributed by atoms with E-state index in [4.69, 9.17) is 16.6 Å². The molecule has 5 heteroatoms. The lowest BCUT2D eigenvalue weighted by atomic mass is 10.1. The number of halogens is 1. The first-order chi connectivity index (χ1) is 12.1. The summed E-state index contributed by atoms with van der Waals surface area (Å²) in [6.07, 6.45) is 5.73. The maximum Gasteiger partial charge on any atom is 0.0731 e. The third-order valence-electron chi connectivity index (χ3n) is 3.78. The molecular weight excluding hydrogens is 332 g/mol. The van der Waals surface area contributed by atoms with Crippen LogP contribution in [0.2, 0.25) is 5.02 Å². The van der Waals surface area contributed by atoms with E-state index in [1.165, 1.54) is 0 Å². The summed E-state index contributed by atoms with van der Waals surface area (Å²) in [6.45, 7) is 1.80. The van der Waals surface area contributed by atoms with E-state index < -0.39 is 0 Å². The van der Waals surface area contributed by atoms with E-state index in [-0.39, 0.29) is 0 Å². The van der Waals surface area contributed by atoms with Gasteiger partial charge in [-0.3, -0.25) is 4.98 Å². The molecule has 2 aromatic heterocycles. The molecule has 3 rings (SSSR count). The van der Waals surface area contributed by atoms with Crippen LogP contribution in [-0.2, 0) is 0 Å². The van der Waals surface area contributed by atoms with Crippen molar-refractivity contribution in [2.75, 3.05) is 32.5 Å². The van der Waals surface area contributed by atoms with Gasteiger partial charge in [0.05, 0.1) is 16.9 Å². The van der Waals surface area contributed by atoms with Gasteiger partial charge in [-0.1, -0.05) is 17.7 Å². The van der Waals surface area contributed by atoms with Crippen LogP contribution < -0.4 is 5.32 Å². The number of hydrogen-bond donors (Lipinski definition) is 1. The molecule has 25 heavy (non-hydrogen) atoms. The Bertz CT molecular complexity index is 876. The van der Waals surface area contributed by atoms with Crippen LogP contribution >= 0.6 is 11.6 Å². The van der Waals surface area contributed by atoms with Gasteiger partial charge < -0.3 is 10.2 Å². The van der Waals surface area contributed by atoms with Crippen molar-refractivity contribution in [1.29, 1.82) is 0 Å². The van der Waals surface area contributed by atoms with E-state index in [1.54, 1.807) is 6.20 Å². The number of nitrogens with zero attached hydrogens (tertiary/aromatic N) is 3. The van der Waals surface area contributed by atoms with E-state index in [0.717, 1.165) is 41.1 Å². The van der Waals surface area contributed by atoms with Gasteiger partial charge in [0.25, 0.3) is 0 Å².